The predicted octanol–water partition coefficient (Wildman–Crippen LogP) is 3.15. The summed E-state index contributed by atoms with van der Waals surface area (Å²) >= 11 is 0. The number of aromatic nitrogens is 2. The van der Waals surface area contributed by atoms with Gasteiger partial charge in [0.1, 0.15) is 18.0 Å². The Morgan fingerprint density at radius 3 is 2.59 bits per heavy atom. The van der Waals surface area contributed by atoms with Crippen LogP contribution in [0.4, 0.5) is 11.6 Å². The van der Waals surface area contributed by atoms with Gasteiger partial charge in [0.15, 0.2) is 0 Å². The zero-order valence-electron chi connectivity index (χ0n) is 13.3. The molecule has 0 radical (unpaired) electrons. The number of rotatable bonds is 5. The first-order chi connectivity index (χ1) is 10.8. The number of hydrogen-bond donors (Lipinski definition) is 0. The van der Waals surface area contributed by atoms with E-state index in [-0.39, 0.29) is 0 Å². The van der Waals surface area contributed by atoms with E-state index in [1.54, 1.807) is 6.33 Å². The summed E-state index contributed by atoms with van der Waals surface area (Å²) < 4.78 is 0. The van der Waals surface area contributed by atoms with E-state index in [0.717, 1.165) is 37.7 Å². The predicted molar refractivity (Wildman–Crippen MR) is 91.5 cm³/mol. The molecule has 0 saturated carbocycles. The van der Waals surface area contributed by atoms with Gasteiger partial charge in [0.05, 0.1) is 0 Å². The number of likely N-dealkylation sites (N-methyl/N-ethyl adjacent to an activating group) is 1. The Kier molecular flexibility index (Phi) is 4.88. The first kappa shape index (κ1) is 14.8. The normalized spacial score (nSPS) is 14.9. The van der Waals surface area contributed by atoms with Crippen molar-refractivity contribution in [3.63, 3.8) is 0 Å². The third-order valence-corrected chi connectivity index (χ3v) is 4.29. The molecule has 0 unspecified atom stereocenters. The van der Waals surface area contributed by atoms with Crippen molar-refractivity contribution in [1.82, 2.24) is 9.97 Å². The van der Waals surface area contributed by atoms with Crippen LogP contribution in [0.15, 0.2) is 42.7 Å². The number of piperidine rings is 1. The van der Waals surface area contributed by atoms with Crippen molar-refractivity contribution in [3.8, 4) is 0 Å². The van der Waals surface area contributed by atoms with Gasteiger partial charge < -0.3 is 9.80 Å². The number of anilines is 2. The highest BCUT2D eigenvalue weighted by Crippen LogP contribution is 2.20. The van der Waals surface area contributed by atoms with Crippen LogP contribution in [0.3, 0.4) is 0 Å². The van der Waals surface area contributed by atoms with E-state index in [0.29, 0.717) is 0 Å². The van der Waals surface area contributed by atoms with Gasteiger partial charge in [-0.2, -0.15) is 0 Å². The van der Waals surface area contributed by atoms with Crippen LogP contribution in [0.25, 0.3) is 0 Å². The van der Waals surface area contributed by atoms with Crippen molar-refractivity contribution in [2.75, 3.05) is 36.5 Å². The van der Waals surface area contributed by atoms with Crippen LogP contribution in [0, 0.1) is 0 Å². The topological polar surface area (TPSA) is 32.3 Å². The number of hydrogen-bond acceptors (Lipinski definition) is 4. The second kappa shape index (κ2) is 7.25. The molecule has 0 spiro atoms. The van der Waals surface area contributed by atoms with Gasteiger partial charge >= 0.3 is 0 Å². The van der Waals surface area contributed by atoms with E-state index < -0.39 is 0 Å². The number of benzene rings is 1. The van der Waals surface area contributed by atoms with Crippen LogP contribution in [-0.4, -0.2) is 36.6 Å². The maximum absolute atomic E-state index is 4.45. The monoisotopic (exact) mass is 296 g/mol. The van der Waals surface area contributed by atoms with Gasteiger partial charge in [0.2, 0.25) is 0 Å². The van der Waals surface area contributed by atoms with Gasteiger partial charge in [0, 0.05) is 32.7 Å². The molecule has 4 heteroatoms. The first-order valence-corrected chi connectivity index (χ1v) is 8.15. The van der Waals surface area contributed by atoms with E-state index in [1.165, 1.54) is 24.8 Å². The molecule has 22 heavy (non-hydrogen) atoms. The van der Waals surface area contributed by atoms with Crippen LogP contribution in [-0.2, 0) is 6.42 Å². The molecule has 0 bridgehead atoms. The lowest BCUT2D eigenvalue weighted by atomic mass is 10.1. The van der Waals surface area contributed by atoms with Gasteiger partial charge in [-0.1, -0.05) is 30.3 Å². The third-order valence-electron chi connectivity index (χ3n) is 4.29. The smallest absolute Gasteiger partial charge is 0.134 e. The molecule has 1 fully saturated rings. The zero-order chi connectivity index (χ0) is 15.2. The minimum absolute atomic E-state index is 0.959. The van der Waals surface area contributed by atoms with Gasteiger partial charge in [-0.15, -0.1) is 0 Å². The fourth-order valence-electron chi connectivity index (χ4n) is 2.90. The molecule has 1 saturated heterocycles. The summed E-state index contributed by atoms with van der Waals surface area (Å²) in [5.41, 5.74) is 1.36. The lowest BCUT2D eigenvalue weighted by Crippen LogP contribution is -2.30. The lowest BCUT2D eigenvalue weighted by Gasteiger charge is -2.28. The summed E-state index contributed by atoms with van der Waals surface area (Å²) in [6.45, 7) is 3.19. The van der Waals surface area contributed by atoms with Crippen LogP contribution < -0.4 is 9.80 Å². The van der Waals surface area contributed by atoms with Crippen molar-refractivity contribution < 1.29 is 0 Å². The first-order valence-electron chi connectivity index (χ1n) is 8.15. The van der Waals surface area contributed by atoms with Crippen LogP contribution in [0.5, 0.6) is 0 Å². The summed E-state index contributed by atoms with van der Waals surface area (Å²) in [7, 11) is 2.10. The second-order valence-electron chi connectivity index (χ2n) is 5.94. The minimum atomic E-state index is 0.959. The molecule has 4 nitrogen and oxygen atoms in total. The highest BCUT2D eigenvalue weighted by molar-refractivity contribution is 5.50. The Bertz CT molecular complexity index is 579. The summed E-state index contributed by atoms with van der Waals surface area (Å²) in [5.74, 6) is 2.07. The van der Waals surface area contributed by atoms with Crippen molar-refractivity contribution >= 4 is 11.6 Å². The Labute approximate surface area is 132 Å². The summed E-state index contributed by atoms with van der Waals surface area (Å²) in [4.78, 5) is 13.5. The molecule has 2 aromatic rings. The van der Waals surface area contributed by atoms with Crippen LogP contribution in [0.1, 0.15) is 24.8 Å². The standard InChI is InChI=1S/C18H24N4/c1-21(13-10-16-8-4-2-5-9-16)17-14-18(20-15-19-17)22-11-6-3-7-12-22/h2,4-5,8-9,14-15H,3,6-7,10-13H2,1H3. The van der Waals surface area contributed by atoms with E-state index in [9.17, 15) is 0 Å². The van der Waals surface area contributed by atoms with Crippen molar-refractivity contribution in [2.24, 2.45) is 0 Å². The number of nitrogens with zero attached hydrogens (tertiary/aromatic N) is 4. The Morgan fingerprint density at radius 1 is 1.05 bits per heavy atom. The molecule has 1 aromatic heterocycles. The van der Waals surface area contributed by atoms with Crippen molar-refractivity contribution in [1.29, 1.82) is 0 Å². The average molecular weight is 296 g/mol. The van der Waals surface area contributed by atoms with E-state index in [4.69, 9.17) is 0 Å². The quantitative estimate of drug-likeness (QED) is 0.848. The highest BCUT2D eigenvalue weighted by atomic mass is 15.2. The molecule has 0 aliphatic carbocycles. The van der Waals surface area contributed by atoms with Gasteiger partial charge in [-0.05, 0) is 31.2 Å². The SMILES string of the molecule is CN(CCc1ccccc1)c1cc(N2CCCCC2)ncn1. The molecule has 1 aliphatic heterocycles. The molecule has 116 valence electrons. The minimum Gasteiger partial charge on any atom is -0.359 e. The Morgan fingerprint density at radius 2 is 1.82 bits per heavy atom. The van der Waals surface area contributed by atoms with Crippen molar-refractivity contribution in [2.45, 2.75) is 25.7 Å². The van der Waals surface area contributed by atoms with E-state index in [1.807, 2.05) is 0 Å². The summed E-state index contributed by atoms with van der Waals surface area (Å²) in [5, 5.41) is 0. The fraction of sp³-hybridized carbons (Fsp3) is 0.444. The van der Waals surface area contributed by atoms with Crippen LogP contribution in [0.2, 0.25) is 0 Å². The Balaban J connectivity index is 1.63. The second-order valence-corrected chi connectivity index (χ2v) is 5.94. The molecule has 0 amide bonds. The highest BCUT2D eigenvalue weighted by Gasteiger charge is 2.13. The summed E-state index contributed by atoms with van der Waals surface area (Å²) in [6, 6.07) is 12.7. The van der Waals surface area contributed by atoms with Gasteiger partial charge in [-0.25, -0.2) is 9.97 Å². The fourth-order valence-corrected chi connectivity index (χ4v) is 2.90. The molecule has 1 aliphatic rings. The maximum Gasteiger partial charge on any atom is 0.134 e. The summed E-state index contributed by atoms with van der Waals surface area (Å²) in [6.07, 6.45) is 6.59. The molecular weight excluding hydrogens is 272 g/mol. The van der Waals surface area contributed by atoms with Gasteiger partial charge in [0.25, 0.3) is 0 Å². The Hall–Kier alpha value is -2.10. The van der Waals surface area contributed by atoms with E-state index >= 15 is 0 Å². The molecule has 0 N–H and O–H groups in total. The average Bonchev–Trinajstić information content (AvgIpc) is 2.61. The largest absolute Gasteiger partial charge is 0.359 e. The van der Waals surface area contributed by atoms with Gasteiger partial charge in [-0.3, -0.25) is 0 Å². The lowest BCUT2D eigenvalue weighted by molar-refractivity contribution is 0.573. The third kappa shape index (κ3) is 3.75. The molecule has 0 atom stereocenters. The van der Waals surface area contributed by atoms with Crippen molar-refractivity contribution in [3.05, 3.63) is 48.3 Å². The van der Waals surface area contributed by atoms with Crippen LogP contribution >= 0.6 is 0 Å². The molecular formula is C18H24N4. The molecule has 1 aromatic carbocycles. The van der Waals surface area contributed by atoms with E-state index in [2.05, 4.69) is 63.2 Å². The zero-order valence-corrected chi connectivity index (χ0v) is 13.3. The molecule has 3 rings (SSSR count). The molecule has 2 heterocycles. The maximum atomic E-state index is 4.45.